The molecule has 0 aliphatic heterocycles. The van der Waals surface area contributed by atoms with E-state index < -0.39 is 0 Å². The van der Waals surface area contributed by atoms with Crippen LogP contribution in [0.4, 0.5) is 0 Å². The zero-order valence-corrected chi connectivity index (χ0v) is 10.3. The van der Waals surface area contributed by atoms with Crippen molar-refractivity contribution in [2.45, 2.75) is 31.5 Å². The Morgan fingerprint density at radius 3 is 2.57 bits per heavy atom. The highest BCUT2D eigenvalue weighted by Gasteiger charge is 2.17. The fraction of sp³-hybridized carbons (Fsp3) is 0.417. The van der Waals surface area contributed by atoms with E-state index in [2.05, 4.69) is 48.8 Å². The van der Waals surface area contributed by atoms with Gasteiger partial charge in [-0.25, -0.2) is 0 Å². The Labute approximate surface area is 93.7 Å². The Hall–Kier alpha value is -0.630. The Balaban J connectivity index is 3.06. The standard InChI is InChI=1S/C12H15BrO/c1-8-5-4-6-11(9(8)2)10(3)12(13)7-14/h4-7,10,12H,1-3H3/t10-,12+/m0/s1. The third-order valence-corrected chi connectivity index (χ3v) is 3.75. The predicted octanol–water partition coefficient (Wildman–Crippen LogP) is 3.37. The fourth-order valence-electron chi connectivity index (χ4n) is 1.56. The lowest BCUT2D eigenvalue weighted by molar-refractivity contribution is -0.107. The number of benzene rings is 1. The second kappa shape index (κ2) is 4.74. The van der Waals surface area contributed by atoms with Gasteiger partial charge in [-0.2, -0.15) is 0 Å². The van der Waals surface area contributed by atoms with Crippen molar-refractivity contribution in [2.75, 3.05) is 0 Å². The molecule has 76 valence electrons. The van der Waals surface area contributed by atoms with Crippen LogP contribution in [0.1, 0.15) is 29.5 Å². The van der Waals surface area contributed by atoms with Gasteiger partial charge < -0.3 is 4.79 Å². The summed E-state index contributed by atoms with van der Waals surface area (Å²) in [7, 11) is 0. The van der Waals surface area contributed by atoms with E-state index in [-0.39, 0.29) is 10.7 Å². The zero-order chi connectivity index (χ0) is 10.7. The molecule has 0 aliphatic rings. The molecule has 0 aromatic heterocycles. The Morgan fingerprint density at radius 1 is 1.36 bits per heavy atom. The number of halogens is 1. The summed E-state index contributed by atoms with van der Waals surface area (Å²) in [6.07, 6.45) is 0.951. The Kier molecular flexibility index (Phi) is 3.87. The van der Waals surface area contributed by atoms with Gasteiger partial charge in [0.2, 0.25) is 0 Å². The molecule has 0 amide bonds. The van der Waals surface area contributed by atoms with Gasteiger partial charge in [0.1, 0.15) is 6.29 Å². The Bertz CT molecular complexity index is 333. The monoisotopic (exact) mass is 254 g/mol. The van der Waals surface area contributed by atoms with Crippen LogP contribution >= 0.6 is 15.9 Å². The van der Waals surface area contributed by atoms with E-state index in [1.54, 1.807) is 0 Å². The molecule has 0 spiro atoms. The number of hydrogen-bond acceptors (Lipinski definition) is 1. The van der Waals surface area contributed by atoms with Crippen molar-refractivity contribution in [3.63, 3.8) is 0 Å². The molecule has 0 fully saturated rings. The van der Waals surface area contributed by atoms with Gasteiger partial charge in [0.15, 0.2) is 0 Å². The van der Waals surface area contributed by atoms with Gasteiger partial charge >= 0.3 is 0 Å². The van der Waals surface area contributed by atoms with Crippen LogP contribution in [-0.4, -0.2) is 11.1 Å². The maximum Gasteiger partial charge on any atom is 0.134 e. The van der Waals surface area contributed by atoms with Gasteiger partial charge in [-0.1, -0.05) is 41.1 Å². The van der Waals surface area contributed by atoms with E-state index in [9.17, 15) is 4.79 Å². The molecular weight excluding hydrogens is 240 g/mol. The predicted molar refractivity (Wildman–Crippen MR) is 63.1 cm³/mol. The summed E-state index contributed by atoms with van der Waals surface area (Å²) >= 11 is 3.37. The molecule has 0 radical (unpaired) electrons. The molecule has 1 rings (SSSR count). The molecule has 2 heteroatoms. The van der Waals surface area contributed by atoms with Gasteiger partial charge in [-0.15, -0.1) is 0 Å². The van der Waals surface area contributed by atoms with E-state index in [4.69, 9.17) is 0 Å². The molecule has 0 N–H and O–H groups in total. The van der Waals surface area contributed by atoms with Crippen LogP contribution in [-0.2, 0) is 4.79 Å². The molecule has 0 aliphatic carbocycles. The summed E-state index contributed by atoms with van der Waals surface area (Å²) in [6.45, 7) is 6.26. The highest BCUT2D eigenvalue weighted by Crippen LogP contribution is 2.27. The number of aldehydes is 1. The second-order valence-electron chi connectivity index (χ2n) is 3.66. The van der Waals surface area contributed by atoms with Crippen molar-refractivity contribution in [1.82, 2.24) is 0 Å². The number of carbonyl (C=O) groups excluding carboxylic acids is 1. The number of rotatable bonds is 3. The quantitative estimate of drug-likeness (QED) is 0.597. The fourth-order valence-corrected chi connectivity index (χ4v) is 1.84. The first-order chi connectivity index (χ1) is 6.57. The highest BCUT2D eigenvalue weighted by atomic mass is 79.9. The summed E-state index contributed by atoms with van der Waals surface area (Å²) in [4.78, 5) is 10.6. The van der Waals surface area contributed by atoms with Crippen LogP contribution < -0.4 is 0 Å². The maximum absolute atomic E-state index is 10.7. The molecule has 0 unspecified atom stereocenters. The van der Waals surface area contributed by atoms with Crippen molar-refractivity contribution < 1.29 is 4.79 Å². The molecule has 0 saturated heterocycles. The van der Waals surface area contributed by atoms with Crippen LogP contribution in [0.5, 0.6) is 0 Å². The van der Waals surface area contributed by atoms with Crippen molar-refractivity contribution >= 4 is 22.2 Å². The minimum atomic E-state index is -0.0944. The van der Waals surface area contributed by atoms with Crippen molar-refractivity contribution in [3.8, 4) is 0 Å². The van der Waals surface area contributed by atoms with Gasteiger partial charge in [0.05, 0.1) is 4.83 Å². The molecule has 1 aromatic rings. The van der Waals surface area contributed by atoms with Crippen molar-refractivity contribution in [1.29, 1.82) is 0 Å². The largest absolute Gasteiger partial charge is 0.302 e. The molecule has 1 aromatic carbocycles. The van der Waals surface area contributed by atoms with Gasteiger partial charge in [0.25, 0.3) is 0 Å². The molecule has 0 bridgehead atoms. The first-order valence-electron chi connectivity index (χ1n) is 4.73. The average Bonchev–Trinajstić information content (AvgIpc) is 2.20. The number of carbonyl (C=O) groups is 1. The van der Waals surface area contributed by atoms with Crippen molar-refractivity contribution in [3.05, 3.63) is 34.9 Å². The van der Waals surface area contributed by atoms with Crippen LogP contribution in [0.15, 0.2) is 18.2 Å². The summed E-state index contributed by atoms with van der Waals surface area (Å²) < 4.78 is 0. The number of hydrogen-bond donors (Lipinski definition) is 0. The minimum absolute atomic E-state index is 0.0944. The van der Waals surface area contributed by atoms with Crippen LogP contribution in [0.25, 0.3) is 0 Å². The number of aryl methyl sites for hydroxylation is 1. The van der Waals surface area contributed by atoms with Crippen LogP contribution in [0, 0.1) is 13.8 Å². The van der Waals surface area contributed by atoms with Gasteiger partial charge in [0, 0.05) is 5.92 Å². The molecule has 0 heterocycles. The minimum Gasteiger partial charge on any atom is -0.302 e. The van der Waals surface area contributed by atoms with E-state index in [1.807, 2.05) is 6.07 Å². The highest BCUT2D eigenvalue weighted by molar-refractivity contribution is 9.10. The maximum atomic E-state index is 10.7. The van der Waals surface area contributed by atoms with E-state index in [0.29, 0.717) is 0 Å². The summed E-state index contributed by atoms with van der Waals surface area (Å²) in [5, 5.41) is 0. The SMILES string of the molecule is Cc1cccc([C@H](C)[C@H](Br)C=O)c1C. The van der Waals surface area contributed by atoms with Gasteiger partial charge in [-0.05, 0) is 30.5 Å². The third kappa shape index (κ3) is 2.24. The zero-order valence-electron chi connectivity index (χ0n) is 8.75. The van der Waals surface area contributed by atoms with E-state index >= 15 is 0 Å². The smallest absolute Gasteiger partial charge is 0.134 e. The first kappa shape index (κ1) is 11.4. The molecule has 1 nitrogen and oxygen atoms in total. The van der Waals surface area contributed by atoms with E-state index in [1.165, 1.54) is 16.7 Å². The average molecular weight is 255 g/mol. The van der Waals surface area contributed by atoms with Crippen LogP contribution in [0.2, 0.25) is 0 Å². The second-order valence-corrected chi connectivity index (χ2v) is 4.72. The summed E-state index contributed by atoms with van der Waals surface area (Å²) in [6, 6.07) is 6.22. The Morgan fingerprint density at radius 2 is 2.00 bits per heavy atom. The third-order valence-electron chi connectivity index (χ3n) is 2.74. The molecule has 14 heavy (non-hydrogen) atoms. The lowest BCUT2D eigenvalue weighted by Crippen LogP contribution is -2.11. The first-order valence-corrected chi connectivity index (χ1v) is 5.65. The number of alkyl halides is 1. The van der Waals surface area contributed by atoms with Gasteiger partial charge in [-0.3, -0.25) is 0 Å². The van der Waals surface area contributed by atoms with E-state index in [0.717, 1.165) is 6.29 Å². The molecular formula is C12H15BrO. The summed E-state index contributed by atoms with van der Waals surface area (Å²) in [5.41, 5.74) is 3.81. The topological polar surface area (TPSA) is 17.1 Å². The van der Waals surface area contributed by atoms with Crippen molar-refractivity contribution in [2.24, 2.45) is 0 Å². The summed E-state index contributed by atoms with van der Waals surface area (Å²) in [5.74, 6) is 0.229. The molecule has 2 atom stereocenters. The lowest BCUT2D eigenvalue weighted by atomic mass is 9.92. The normalized spacial score (nSPS) is 14.9. The molecule has 0 saturated carbocycles. The lowest BCUT2D eigenvalue weighted by Gasteiger charge is -2.17. The van der Waals surface area contributed by atoms with Crippen LogP contribution in [0.3, 0.4) is 0 Å².